The fraction of sp³-hybridized carbons (Fsp3) is 0.261. The summed E-state index contributed by atoms with van der Waals surface area (Å²) in [6.07, 6.45) is 3.48. The molecule has 1 saturated heterocycles. The van der Waals surface area contributed by atoms with Crippen molar-refractivity contribution >= 4 is 17.7 Å². The van der Waals surface area contributed by atoms with E-state index in [1.54, 1.807) is 20.1 Å². The highest BCUT2D eigenvalue weighted by Crippen LogP contribution is 2.22. The first-order valence-electron chi connectivity index (χ1n) is 9.89. The fourth-order valence-corrected chi connectivity index (χ4v) is 3.41. The molecular formula is C23H24N4O3. The van der Waals surface area contributed by atoms with Crippen molar-refractivity contribution in [2.75, 3.05) is 38.2 Å². The average Bonchev–Trinajstić information content (AvgIpc) is 3.24. The van der Waals surface area contributed by atoms with Crippen LogP contribution in [-0.2, 0) is 4.79 Å². The van der Waals surface area contributed by atoms with Gasteiger partial charge in [-0.25, -0.2) is 0 Å². The molecule has 2 heterocycles. The molecule has 0 radical (unpaired) electrons. The maximum absolute atomic E-state index is 12.5. The zero-order valence-electron chi connectivity index (χ0n) is 17.1. The van der Waals surface area contributed by atoms with E-state index in [-0.39, 0.29) is 5.91 Å². The first kappa shape index (κ1) is 19.7. The number of nitrogens with zero attached hydrogens (tertiary/aromatic N) is 4. The molecule has 3 aromatic rings. The summed E-state index contributed by atoms with van der Waals surface area (Å²) < 4.78 is 10.2. The van der Waals surface area contributed by atoms with Crippen molar-refractivity contribution < 1.29 is 14.1 Å². The van der Waals surface area contributed by atoms with Gasteiger partial charge in [0.2, 0.25) is 17.6 Å². The minimum Gasteiger partial charge on any atom is -0.497 e. The zero-order chi connectivity index (χ0) is 20.9. The summed E-state index contributed by atoms with van der Waals surface area (Å²) in [5.41, 5.74) is 3.02. The van der Waals surface area contributed by atoms with Crippen molar-refractivity contribution in [1.82, 2.24) is 15.0 Å². The second kappa shape index (κ2) is 8.82. The molecule has 7 heteroatoms. The maximum atomic E-state index is 12.5. The van der Waals surface area contributed by atoms with Crippen molar-refractivity contribution in [3.05, 3.63) is 66.1 Å². The molecule has 4 rings (SSSR count). The van der Waals surface area contributed by atoms with Crippen LogP contribution in [0.5, 0.6) is 5.75 Å². The Labute approximate surface area is 175 Å². The lowest BCUT2D eigenvalue weighted by Crippen LogP contribution is -2.48. The Morgan fingerprint density at radius 2 is 1.73 bits per heavy atom. The van der Waals surface area contributed by atoms with Crippen molar-refractivity contribution in [2.24, 2.45) is 0 Å². The molecule has 154 valence electrons. The molecule has 1 aliphatic rings. The van der Waals surface area contributed by atoms with Gasteiger partial charge in [0, 0.05) is 50.4 Å². The summed E-state index contributed by atoms with van der Waals surface area (Å²) in [7, 11) is 1.64. The van der Waals surface area contributed by atoms with E-state index in [9.17, 15) is 4.79 Å². The lowest BCUT2D eigenvalue weighted by molar-refractivity contribution is -0.126. The number of benzene rings is 2. The number of carbonyl (C=O) groups is 1. The van der Waals surface area contributed by atoms with E-state index >= 15 is 0 Å². The number of ether oxygens (including phenoxy) is 1. The Balaban J connectivity index is 1.31. The first-order chi connectivity index (χ1) is 14.6. The average molecular weight is 404 g/mol. The normalized spacial score (nSPS) is 14.3. The van der Waals surface area contributed by atoms with E-state index < -0.39 is 0 Å². The van der Waals surface area contributed by atoms with Crippen LogP contribution in [0.1, 0.15) is 11.5 Å². The second-order valence-electron chi connectivity index (χ2n) is 7.10. The Morgan fingerprint density at radius 1 is 1.03 bits per heavy atom. The summed E-state index contributed by atoms with van der Waals surface area (Å²) in [5.74, 6) is 1.98. The van der Waals surface area contributed by atoms with Gasteiger partial charge in [0.05, 0.1) is 7.11 Å². The van der Waals surface area contributed by atoms with Gasteiger partial charge < -0.3 is 19.1 Å². The highest BCUT2D eigenvalue weighted by Gasteiger charge is 2.20. The predicted octanol–water partition coefficient (Wildman–Crippen LogP) is 3.42. The number of hydrogen-bond donors (Lipinski definition) is 0. The number of methoxy groups -OCH3 is 1. The Hall–Kier alpha value is -3.61. The third kappa shape index (κ3) is 4.51. The van der Waals surface area contributed by atoms with Gasteiger partial charge in [-0.2, -0.15) is 4.98 Å². The maximum Gasteiger partial charge on any atom is 0.246 e. The number of rotatable bonds is 5. The summed E-state index contributed by atoms with van der Waals surface area (Å²) in [5, 5.41) is 3.95. The van der Waals surface area contributed by atoms with Crippen molar-refractivity contribution in [3.8, 4) is 17.1 Å². The van der Waals surface area contributed by atoms with E-state index in [0.29, 0.717) is 24.8 Å². The van der Waals surface area contributed by atoms with Crippen LogP contribution in [0.2, 0.25) is 0 Å². The van der Waals surface area contributed by atoms with E-state index in [1.807, 2.05) is 47.4 Å². The van der Waals surface area contributed by atoms with Gasteiger partial charge in [0.25, 0.3) is 0 Å². The van der Waals surface area contributed by atoms with Crippen molar-refractivity contribution in [1.29, 1.82) is 0 Å². The molecule has 1 amide bonds. The molecule has 1 aliphatic heterocycles. The van der Waals surface area contributed by atoms with Crippen LogP contribution in [-0.4, -0.2) is 54.2 Å². The van der Waals surface area contributed by atoms with Gasteiger partial charge in [-0.1, -0.05) is 17.3 Å². The quantitative estimate of drug-likeness (QED) is 0.607. The number of amides is 1. The number of hydrogen-bond acceptors (Lipinski definition) is 6. The number of anilines is 1. The van der Waals surface area contributed by atoms with E-state index in [0.717, 1.165) is 35.7 Å². The summed E-state index contributed by atoms with van der Waals surface area (Å²) in [4.78, 5) is 20.9. The standard InChI is InChI=1S/C23H24N4O3/c1-17-24-23(25-30-17)19-6-8-20(9-7-19)26-13-15-27(16-14-26)22(28)12-5-18-3-10-21(29-2)11-4-18/h3-12H,13-16H2,1-2H3/b12-5+. The highest BCUT2D eigenvalue weighted by molar-refractivity contribution is 5.92. The number of aromatic nitrogens is 2. The molecule has 0 saturated carbocycles. The molecule has 0 N–H and O–H groups in total. The van der Waals surface area contributed by atoms with Crippen LogP contribution in [0.3, 0.4) is 0 Å². The lowest BCUT2D eigenvalue weighted by Gasteiger charge is -2.35. The Morgan fingerprint density at radius 3 is 2.33 bits per heavy atom. The van der Waals surface area contributed by atoms with Crippen LogP contribution in [0.25, 0.3) is 17.5 Å². The van der Waals surface area contributed by atoms with Crippen LogP contribution >= 0.6 is 0 Å². The SMILES string of the molecule is COc1ccc(/C=C/C(=O)N2CCN(c3ccc(-c4noc(C)n4)cc3)CC2)cc1. The molecule has 0 unspecified atom stereocenters. The molecule has 0 aliphatic carbocycles. The molecule has 1 aromatic heterocycles. The smallest absolute Gasteiger partial charge is 0.246 e. The summed E-state index contributed by atoms with van der Waals surface area (Å²) in [6.45, 7) is 4.75. The number of aryl methyl sites for hydroxylation is 1. The van der Waals surface area contributed by atoms with Gasteiger partial charge in [-0.3, -0.25) is 4.79 Å². The minimum atomic E-state index is 0.0355. The lowest BCUT2D eigenvalue weighted by atomic mass is 10.1. The highest BCUT2D eigenvalue weighted by atomic mass is 16.5. The molecular weight excluding hydrogens is 380 g/mol. The molecule has 30 heavy (non-hydrogen) atoms. The number of piperazine rings is 1. The van der Waals surface area contributed by atoms with Gasteiger partial charge in [-0.15, -0.1) is 0 Å². The topological polar surface area (TPSA) is 71.7 Å². The van der Waals surface area contributed by atoms with Gasteiger partial charge in [0.15, 0.2) is 0 Å². The second-order valence-corrected chi connectivity index (χ2v) is 7.10. The van der Waals surface area contributed by atoms with E-state index in [4.69, 9.17) is 9.26 Å². The molecule has 2 aromatic carbocycles. The van der Waals surface area contributed by atoms with Crippen molar-refractivity contribution in [3.63, 3.8) is 0 Å². The van der Waals surface area contributed by atoms with Crippen LogP contribution < -0.4 is 9.64 Å². The Kier molecular flexibility index (Phi) is 5.79. The monoisotopic (exact) mass is 404 g/mol. The van der Waals surface area contributed by atoms with Gasteiger partial charge >= 0.3 is 0 Å². The van der Waals surface area contributed by atoms with Crippen LogP contribution in [0, 0.1) is 6.92 Å². The van der Waals surface area contributed by atoms with E-state index in [2.05, 4.69) is 27.2 Å². The first-order valence-corrected chi connectivity index (χ1v) is 9.89. The van der Waals surface area contributed by atoms with Crippen LogP contribution in [0.4, 0.5) is 5.69 Å². The third-order valence-corrected chi connectivity index (χ3v) is 5.14. The fourth-order valence-electron chi connectivity index (χ4n) is 3.41. The van der Waals surface area contributed by atoms with Crippen LogP contribution in [0.15, 0.2) is 59.1 Å². The molecule has 7 nitrogen and oxygen atoms in total. The molecule has 0 bridgehead atoms. The Bertz CT molecular complexity index is 1020. The largest absolute Gasteiger partial charge is 0.497 e. The molecule has 0 atom stereocenters. The van der Waals surface area contributed by atoms with Crippen molar-refractivity contribution in [2.45, 2.75) is 6.92 Å². The van der Waals surface area contributed by atoms with Gasteiger partial charge in [-0.05, 0) is 48.0 Å². The summed E-state index contributed by atoms with van der Waals surface area (Å²) in [6, 6.07) is 15.7. The van der Waals surface area contributed by atoms with Gasteiger partial charge in [0.1, 0.15) is 5.75 Å². The third-order valence-electron chi connectivity index (χ3n) is 5.14. The molecule has 0 spiro atoms. The predicted molar refractivity (Wildman–Crippen MR) is 115 cm³/mol. The molecule has 1 fully saturated rings. The summed E-state index contributed by atoms with van der Waals surface area (Å²) >= 11 is 0. The minimum absolute atomic E-state index is 0.0355. The van der Waals surface area contributed by atoms with E-state index in [1.165, 1.54) is 0 Å². The number of carbonyl (C=O) groups excluding carboxylic acids is 1. The zero-order valence-corrected chi connectivity index (χ0v) is 17.1.